The van der Waals surface area contributed by atoms with Crippen molar-refractivity contribution in [1.82, 2.24) is 5.43 Å². The van der Waals surface area contributed by atoms with Gasteiger partial charge in [-0.25, -0.2) is 5.43 Å². The van der Waals surface area contributed by atoms with E-state index >= 15 is 0 Å². The number of carbonyl (C=O) groups is 1. The number of phenols is 1. The molecule has 0 saturated carbocycles. The summed E-state index contributed by atoms with van der Waals surface area (Å²) in [5.74, 6) is -0.370. The number of benzene rings is 2. The van der Waals surface area contributed by atoms with E-state index in [2.05, 4.69) is 26.5 Å². The molecule has 21 heavy (non-hydrogen) atoms. The lowest BCUT2D eigenvalue weighted by atomic mass is 10.2. The molecule has 0 bridgehead atoms. The zero-order valence-corrected chi connectivity index (χ0v) is 13.6. The number of rotatable bonds is 3. The third kappa shape index (κ3) is 4.20. The highest BCUT2D eigenvalue weighted by atomic mass is 79.9. The Morgan fingerprint density at radius 3 is 2.67 bits per heavy atom. The number of nitrogens with one attached hydrogen (secondary N) is 1. The Bertz CT molecular complexity index is 720. The van der Waals surface area contributed by atoms with E-state index in [1.165, 1.54) is 30.5 Å². The number of halogens is 3. The van der Waals surface area contributed by atoms with Crippen molar-refractivity contribution in [3.05, 3.63) is 62.0 Å². The molecule has 0 heterocycles. The summed E-state index contributed by atoms with van der Waals surface area (Å²) in [6.07, 6.45) is 1.34. The third-order valence-electron chi connectivity index (χ3n) is 2.54. The van der Waals surface area contributed by atoms with Crippen LogP contribution in [0, 0.1) is 0 Å². The van der Waals surface area contributed by atoms with E-state index in [4.69, 9.17) is 23.2 Å². The highest BCUT2D eigenvalue weighted by Gasteiger charge is 2.07. The fraction of sp³-hybridized carbons (Fsp3) is 0. The molecule has 108 valence electrons. The van der Waals surface area contributed by atoms with Crippen LogP contribution in [0.4, 0.5) is 0 Å². The quantitative estimate of drug-likeness (QED) is 0.611. The van der Waals surface area contributed by atoms with Gasteiger partial charge in [-0.2, -0.15) is 5.10 Å². The molecule has 4 nitrogen and oxygen atoms in total. The SMILES string of the molecule is O=C(N/N=C/c1cc(Br)ccc1O)c1ccc(Cl)c(Cl)c1. The van der Waals surface area contributed by atoms with Crippen molar-refractivity contribution < 1.29 is 9.90 Å². The summed E-state index contributed by atoms with van der Waals surface area (Å²) in [7, 11) is 0. The Balaban J connectivity index is 2.08. The summed E-state index contributed by atoms with van der Waals surface area (Å²) in [6, 6.07) is 9.40. The largest absolute Gasteiger partial charge is 0.507 e. The normalized spacial score (nSPS) is 10.8. The van der Waals surface area contributed by atoms with Gasteiger partial charge >= 0.3 is 0 Å². The fourth-order valence-corrected chi connectivity index (χ4v) is 2.17. The van der Waals surface area contributed by atoms with Gasteiger partial charge in [-0.1, -0.05) is 39.1 Å². The monoisotopic (exact) mass is 386 g/mol. The van der Waals surface area contributed by atoms with Crippen LogP contribution in [-0.2, 0) is 0 Å². The molecule has 0 aromatic heterocycles. The molecule has 0 fully saturated rings. The molecule has 2 rings (SSSR count). The number of carbonyl (C=O) groups excluding carboxylic acids is 1. The van der Waals surface area contributed by atoms with E-state index in [-0.39, 0.29) is 10.8 Å². The molecular formula is C14H9BrCl2N2O2. The number of hydrogen-bond donors (Lipinski definition) is 2. The predicted octanol–water partition coefficient (Wildman–Crippen LogP) is 4.23. The Kier molecular flexibility index (Phi) is 5.22. The van der Waals surface area contributed by atoms with Gasteiger partial charge in [0.15, 0.2) is 0 Å². The number of aromatic hydroxyl groups is 1. The molecule has 0 saturated heterocycles. The zero-order valence-electron chi connectivity index (χ0n) is 10.5. The average Bonchev–Trinajstić information content (AvgIpc) is 2.45. The molecule has 2 N–H and O–H groups in total. The first kappa shape index (κ1) is 15.8. The van der Waals surface area contributed by atoms with Crippen LogP contribution in [0.25, 0.3) is 0 Å². The molecule has 0 aliphatic rings. The summed E-state index contributed by atoms with van der Waals surface area (Å²) in [5, 5.41) is 14.1. The van der Waals surface area contributed by atoms with Crippen molar-refractivity contribution in [2.45, 2.75) is 0 Å². The van der Waals surface area contributed by atoms with Crippen molar-refractivity contribution in [3.63, 3.8) is 0 Å². The minimum atomic E-state index is -0.431. The zero-order chi connectivity index (χ0) is 15.4. The second-order valence-corrected chi connectivity index (χ2v) is 5.76. The third-order valence-corrected chi connectivity index (χ3v) is 3.77. The second kappa shape index (κ2) is 6.93. The van der Waals surface area contributed by atoms with Crippen LogP contribution in [0.3, 0.4) is 0 Å². The number of phenolic OH excluding ortho intramolecular Hbond substituents is 1. The number of nitrogens with zero attached hydrogens (tertiary/aromatic N) is 1. The van der Waals surface area contributed by atoms with Crippen LogP contribution < -0.4 is 5.43 Å². The standard InChI is InChI=1S/C14H9BrCl2N2O2/c15-10-2-4-13(20)9(5-10)7-18-19-14(21)8-1-3-11(16)12(17)6-8/h1-7,20H,(H,19,21)/b18-7+. The topological polar surface area (TPSA) is 61.7 Å². The molecule has 0 aliphatic heterocycles. The Hall–Kier alpha value is -1.56. The van der Waals surface area contributed by atoms with E-state index < -0.39 is 5.91 Å². The number of hydrazone groups is 1. The van der Waals surface area contributed by atoms with Gasteiger partial charge in [0.25, 0.3) is 5.91 Å². The van der Waals surface area contributed by atoms with E-state index in [1.807, 2.05) is 0 Å². The highest BCUT2D eigenvalue weighted by molar-refractivity contribution is 9.10. The van der Waals surface area contributed by atoms with Crippen LogP contribution in [0.2, 0.25) is 10.0 Å². The van der Waals surface area contributed by atoms with E-state index in [1.54, 1.807) is 12.1 Å². The van der Waals surface area contributed by atoms with Crippen molar-refractivity contribution in [1.29, 1.82) is 0 Å². The van der Waals surface area contributed by atoms with Crippen molar-refractivity contribution in [3.8, 4) is 5.75 Å². The van der Waals surface area contributed by atoms with E-state index in [0.29, 0.717) is 16.1 Å². The van der Waals surface area contributed by atoms with E-state index in [0.717, 1.165) is 4.47 Å². The highest BCUT2D eigenvalue weighted by Crippen LogP contribution is 2.22. The molecule has 2 aromatic rings. The number of hydrogen-bond acceptors (Lipinski definition) is 3. The minimum absolute atomic E-state index is 0.0609. The molecular weight excluding hydrogens is 379 g/mol. The second-order valence-electron chi connectivity index (χ2n) is 4.03. The Morgan fingerprint density at radius 2 is 1.95 bits per heavy atom. The van der Waals surface area contributed by atoms with Crippen molar-refractivity contribution >= 4 is 51.3 Å². The van der Waals surface area contributed by atoms with Crippen molar-refractivity contribution in [2.75, 3.05) is 0 Å². The molecule has 0 spiro atoms. The van der Waals surface area contributed by atoms with Gasteiger partial charge in [0, 0.05) is 15.6 Å². The van der Waals surface area contributed by atoms with Gasteiger partial charge in [-0.05, 0) is 36.4 Å². The lowest BCUT2D eigenvalue weighted by Crippen LogP contribution is -2.17. The molecule has 2 aromatic carbocycles. The van der Waals surface area contributed by atoms with Crippen LogP contribution in [0.15, 0.2) is 46.0 Å². The van der Waals surface area contributed by atoms with Gasteiger partial charge in [0.2, 0.25) is 0 Å². The molecule has 0 aliphatic carbocycles. The number of amides is 1. The van der Waals surface area contributed by atoms with E-state index in [9.17, 15) is 9.90 Å². The summed E-state index contributed by atoms with van der Waals surface area (Å²) in [4.78, 5) is 11.9. The smallest absolute Gasteiger partial charge is 0.271 e. The molecule has 1 amide bonds. The van der Waals surface area contributed by atoms with Crippen LogP contribution in [0.5, 0.6) is 5.75 Å². The van der Waals surface area contributed by atoms with Crippen LogP contribution >= 0.6 is 39.1 Å². The first-order valence-corrected chi connectivity index (χ1v) is 7.29. The molecule has 0 unspecified atom stereocenters. The Labute approximate surface area is 139 Å². The predicted molar refractivity (Wildman–Crippen MR) is 87.3 cm³/mol. The summed E-state index contributed by atoms with van der Waals surface area (Å²) in [6.45, 7) is 0. The van der Waals surface area contributed by atoms with Gasteiger partial charge in [0.1, 0.15) is 5.75 Å². The maximum absolute atomic E-state index is 11.9. The fourth-order valence-electron chi connectivity index (χ4n) is 1.49. The maximum atomic E-state index is 11.9. The summed E-state index contributed by atoms with van der Waals surface area (Å²) in [5.41, 5.74) is 3.15. The lowest BCUT2D eigenvalue weighted by Gasteiger charge is -2.02. The molecule has 0 atom stereocenters. The first-order chi connectivity index (χ1) is 9.97. The summed E-state index contributed by atoms with van der Waals surface area (Å²) >= 11 is 14.9. The van der Waals surface area contributed by atoms with Crippen molar-refractivity contribution in [2.24, 2.45) is 5.10 Å². The maximum Gasteiger partial charge on any atom is 0.271 e. The molecule has 0 radical (unpaired) electrons. The minimum Gasteiger partial charge on any atom is -0.507 e. The van der Waals surface area contributed by atoms with Gasteiger partial charge in [-0.15, -0.1) is 0 Å². The summed E-state index contributed by atoms with van der Waals surface area (Å²) < 4.78 is 0.789. The Morgan fingerprint density at radius 1 is 1.19 bits per heavy atom. The lowest BCUT2D eigenvalue weighted by molar-refractivity contribution is 0.0955. The first-order valence-electron chi connectivity index (χ1n) is 5.74. The van der Waals surface area contributed by atoms with Gasteiger partial charge in [0.05, 0.1) is 16.3 Å². The van der Waals surface area contributed by atoms with Crippen LogP contribution in [-0.4, -0.2) is 17.2 Å². The van der Waals surface area contributed by atoms with Crippen LogP contribution in [0.1, 0.15) is 15.9 Å². The molecule has 7 heteroatoms. The average molecular weight is 388 g/mol. The van der Waals surface area contributed by atoms with Gasteiger partial charge in [-0.3, -0.25) is 4.79 Å². The van der Waals surface area contributed by atoms with Gasteiger partial charge < -0.3 is 5.11 Å².